The van der Waals surface area contributed by atoms with E-state index in [0.717, 1.165) is 25.4 Å². The maximum Gasteiger partial charge on any atom is 0.0703 e. The molecule has 0 N–H and O–H groups in total. The van der Waals surface area contributed by atoms with Crippen LogP contribution in [0.2, 0.25) is 0 Å². The summed E-state index contributed by atoms with van der Waals surface area (Å²) in [7, 11) is 2.18. The summed E-state index contributed by atoms with van der Waals surface area (Å²) in [6.07, 6.45) is 7.58. The van der Waals surface area contributed by atoms with Crippen LogP contribution in [0.4, 0.5) is 0 Å². The van der Waals surface area contributed by atoms with Crippen LogP contribution in [0.3, 0.4) is 0 Å². The summed E-state index contributed by atoms with van der Waals surface area (Å²) in [6.45, 7) is 1.01. The third kappa shape index (κ3) is 1.58. The van der Waals surface area contributed by atoms with Crippen LogP contribution in [0.1, 0.15) is 38.5 Å². The first-order chi connectivity index (χ1) is 6.26. The molecule has 0 radical (unpaired) electrons. The highest BCUT2D eigenvalue weighted by molar-refractivity contribution is 5.06. The van der Waals surface area contributed by atoms with Gasteiger partial charge in [0.15, 0.2) is 0 Å². The molecule has 2 saturated carbocycles. The van der Waals surface area contributed by atoms with Crippen molar-refractivity contribution in [1.82, 2.24) is 4.90 Å². The Morgan fingerprint density at radius 2 is 2.08 bits per heavy atom. The van der Waals surface area contributed by atoms with E-state index < -0.39 is 0 Å². The van der Waals surface area contributed by atoms with Crippen molar-refractivity contribution in [1.29, 1.82) is 5.26 Å². The van der Waals surface area contributed by atoms with Gasteiger partial charge in [0.2, 0.25) is 0 Å². The lowest BCUT2D eigenvalue weighted by Gasteiger charge is -2.43. The third-order valence-electron chi connectivity index (χ3n) is 3.80. The van der Waals surface area contributed by atoms with Crippen LogP contribution in [-0.2, 0) is 0 Å². The number of hydrogen-bond acceptors (Lipinski definition) is 2. The van der Waals surface area contributed by atoms with Crippen LogP contribution in [0.5, 0.6) is 0 Å². The van der Waals surface area contributed by atoms with E-state index in [1.54, 1.807) is 0 Å². The zero-order valence-electron chi connectivity index (χ0n) is 8.42. The van der Waals surface area contributed by atoms with Crippen molar-refractivity contribution in [3.05, 3.63) is 0 Å². The average Bonchev–Trinajstić information content (AvgIpc) is 1.93. The summed E-state index contributed by atoms with van der Waals surface area (Å²) < 4.78 is 0. The van der Waals surface area contributed by atoms with Crippen LogP contribution < -0.4 is 0 Å². The molecule has 2 heteroatoms. The van der Waals surface area contributed by atoms with Gasteiger partial charge in [0.1, 0.15) is 0 Å². The standard InChI is InChI=1S/C11H18N2/c1-13(10-4-2-5-10)9-11(8-12)6-3-7-11/h10H,2-7,9H2,1H3. The molecular weight excluding hydrogens is 160 g/mol. The van der Waals surface area contributed by atoms with Gasteiger partial charge < -0.3 is 4.90 Å². The Kier molecular flexibility index (Phi) is 2.29. The zero-order chi connectivity index (χ0) is 9.31. The van der Waals surface area contributed by atoms with Gasteiger partial charge in [-0.3, -0.25) is 0 Å². The molecule has 0 aliphatic heterocycles. The Bertz CT molecular complexity index is 221. The fraction of sp³-hybridized carbons (Fsp3) is 0.909. The molecule has 0 spiro atoms. The van der Waals surface area contributed by atoms with Crippen LogP contribution in [0, 0.1) is 16.7 Å². The molecule has 0 aromatic carbocycles. The van der Waals surface area contributed by atoms with Crippen molar-refractivity contribution in [2.45, 2.75) is 44.6 Å². The van der Waals surface area contributed by atoms with E-state index in [1.807, 2.05) is 0 Å². The maximum absolute atomic E-state index is 9.08. The second-order valence-corrected chi connectivity index (χ2v) is 4.75. The predicted octanol–water partition coefficient (Wildman–Crippen LogP) is 2.16. The molecular formula is C11H18N2. The van der Waals surface area contributed by atoms with E-state index >= 15 is 0 Å². The van der Waals surface area contributed by atoms with E-state index in [0.29, 0.717) is 0 Å². The van der Waals surface area contributed by atoms with Crippen LogP contribution >= 0.6 is 0 Å². The normalized spacial score (nSPS) is 26.2. The minimum Gasteiger partial charge on any atom is -0.302 e. The Labute approximate surface area is 80.5 Å². The molecule has 2 rings (SSSR count). The zero-order valence-corrected chi connectivity index (χ0v) is 8.42. The number of nitriles is 1. The summed E-state index contributed by atoms with van der Waals surface area (Å²) in [5.41, 5.74) is 0.0321. The smallest absolute Gasteiger partial charge is 0.0703 e. The Hall–Kier alpha value is -0.550. The lowest BCUT2D eigenvalue weighted by Crippen LogP contribution is -2.46. The molecule has 0 amide bonds. The number of nitrogens with zero attached hydrogens (tertiary/aromatic N) is 2. The van der Waals surface area contributed by atoms with Crippen molar-refractivity contribution in [2.75, 3.05) is 13.6 Å². The topological polar surface area (TPSA) is 27.0 Å². The third-order valence-corrected chi connectivity index (χ3v) is 3.80. The highest BCUT2D eigenvalue weighted by atomic mass is 15.1. The van der Waals surface area contributed by atoms with Crippen molar-refractivity contribution in [2.24, 2.45) is 5.41 Å². The van der Waals surface area contributed by atoms with E-state index in [2.05, 4.69) is 18.0 Å². The SMILES string of the molecule is CN(CC1(C#N)CCC1)C1CCC1. The molecule has 72 valence electrons. The molecule has 2 aliphatic carbocycles. The van der Waals surface area contributed by atoms with Gasteiger partial charge in [0.25, 0.3) is 0 Å². The first-order valence-corrected chi connectivity index (χ1v) is 5.37. The van der Waals surface area contributed by atoms with E-state index in [-0.39, 0.29) is 5.41 Å². The first kappa shape index (κ1) is 9.02. The Balaban J connectivity index is 1.85. The van der Waals surface area contributed by atoms with Crippen molar-refractivity contribution in [3.8, 4) is 6.07 Å². The van der Waals surface area contributed by atoms with Gasteiger partial charge in [-0.1, -0.05) is 12.8 Å². The lowest BCUT2D eigenvalue weighted by atomic mass is 9.69. The molecule has 0 aromatic heterocycles. The van der Waals surface area contributed by atoms with Gasteiger partial charge in [-0.2, -0.15) is 5.26 Å². The Morgan fingerprint density at radius 1 is 1.38 bits per heavy atom. The molecule has 2 aliphatic rings. The second kappa shape index (κ2) is 3.31. The van der Waals surface area contributed by atoms with Crippen LogP contribution in [-0.4, -0.2) is 24.5 Å². The van der Waals surface area contributed by atoms with E-state index in [4.69, 9.17) is 5.26 Å². The molecule has 0 unspecified atom stereocenters. The average molecular weight is 178 g/mol. The summed E-state index contributed by atoms with van der Waals surface area (Å²) in [5.74, 6) is 0. The summed E-state index contributed by atoms with van der Waals surface area (Å²) in [6, 6.07) is 3.29. The minimum atomic E-state index is 0.0321. The van der Waals surface area contributed by atoms with Gasteiger partial charge in [-0.05, 0) is 32.7 Å². The fourth-order valence-electron chi connectivity index (χ4n) is 2.34. The number of hydrogen-bond donors (Lipinski definition) is 0. The quantitative estimate of drug-likeness (QED) is 0.662. The lowest BCUT2D eigenvalue weighted by molar-refractivity contribution is 0.0776. The van der Waals surface area contributed by atoms with Crippen LogP contribution in [0.25, 0.3) is 0 Å². The largest absolute Gasteiger partial charge is 0.302 e. The van der Waals surface area contributed by atoms with Crippen LogP contribution in [0.15, 0.2) is 0 Å². The summed E-state index contributed by atoms with van der Waals surface area (Å²) in [4.78, 5) is 2.41. The molecule has 0 saturated heterocycles. The maximum atomic E-state index is 9.08. The highest BCUT2D eigenvalue weighted by Crippen LogP contribution is 2.41. The monoisotopic (exact) mass is 178 g/mol. The molecule has 2 nitrogen and oxygen atoms in total. The van der Waals surface area contributed by atoms with Gasteiger partial charge >= 0.3 is 0 Å². The molecule has 13 heavy (non-hydrogen) atoms. The van der Waals surface area contributed by atoms with Gasteiger partial charge in [-0.15, -0.1) is 0 Å². The van der Waals surface area contributed by atoms with Crippen molar-refractivity contribution in [3.63, 3.8) is 0 Å². The van der Waals surface area contributed by atoms with E-state index in [9.17, 15) is 0 Å². The Morgan fingerprint density at radius 3 is 2.38 bits per heavy atom. The predicted molar refractivity (Wildman–Crippen MR) is 52.2 cm³/mol. The first-order valence-electron chi connectivity index (χ1n) is 5.37. The van der Waals surface area contributed by atoms with E-state index in [1.165, 1.54) is 25.7 Å². The molecule has 0 bridgehead atoms. The summed E-state index contributed by atoms with van der Waals surface area (Å²) in [5, 5.41) is 9.08. The fourth-order valence-corrected chi connectivity index (χ4v) is 2.34. The summed E-state index contributed by atoms with van der Waals surface area (Å²) >= 11 is 0. The van der Waals surface area contributed by atoms with Gasteiger partial charge in [0, 0.05) is 12.6 Å². The van der Waals surface area contributed by atoms with Crippen molar-refractivity contribution < 1.29 is 0 Å². The second-order valence-electron chi connectivity index (χ2n) is 4.75. The minimum absolute atomic E-state index is 0.0321. The van der Waals surface area contributed by atoms with Crippen molar-refractivity contribution >= 4 is 0 Å². The molecule has 0 atom stereocenters. The molecule has 2 fully saturated rings. The number of rotatable bonds is 3. The van der Waals surface area contributed by atoms with Gasteiger partial charge in [-0.25, -0.2) is 0 Å². The van der Waals surface area contributed by atoms with Gasteiger partial charge in [0.05, 0.1) is 11.5 Å². The highest BCUT2D eigenvalue weighted by Gasteiger charge is 2.39. The molecule has 0 aromatic rings. The molecule has 0 heterocycles.